The van der Waals surface area contributed by atoms with Crippen LogP contribution in [-0.2, 0) is 5.88 Å². The summed E-state index contributed by atoms with van der Waals surface area (Å²) in [6.45, 7) is 0. The SMILES string of the molecule is ClCc1cncc(Oc2ccc3cc(Br)ccc3c2)n1. The molecule has 20 heavy (non-hydrogen) atoms. The third-order valence-electron chi connectivity index (χ3n) is 2.80. The maximum atomic E-state index is 5.73. The molecule has 3 aromatic rings. The van der Waals surface area contributed by atoms with E-state index in [1.165, 1.54) is 0 Å². The number of alkyl halides is 1. The van der Waals surface area contributed by atoms with Crippen LogP contribution in [-0.4, -0.2) is 9.97 Å². The largest absolute Gasteiger partial charge is 0.437 e. The van der Waals surface area contributed by atoms with Crippen LogP contribution >= 0.6 is 27.5 Å². The van der Waals surface area contributed by atoms with Crippen molar-refractivity contribution in [2.24, 2.45) is 0 Å². The van der Waals surface area contributed by atoms with Crippen molar-refractivity contribution in [1.82, 2.24) is 9.97 Å². The molecule has 0 aliphatic carbocycles. The lowest BCUT2D eigenvalue weighted by Gasteiger charge is -2.06. The Bertz CT molecular complexity index is 764. The fourth-order valence-corrected chi connectivity index (χ4v) is 2.39. The predicted octanol–water partition coefficient (Wildman–Crippen LogP) is 4.92. The van der Waals surface area contributed by atoms with Crippen LogP contribution in [0.25, 0.3) is 10.8 Å². The van der Waals surface area contributed by atoms with Crippen LogP contribution in [0.1, 0.15) is 5.69 Å². The van der Waals surface area contributed by atoms with Gasteiger partial charge < -0.3 is 4.74 Å². The number of rotatable bonds is 3. The van der Waals surface area contributed by atoms with Crippen molar-refractivity contribution in [3.63, 3.8) is 0 Å². The van der Waals surface area contributed by atoms with Gasteiger partial charge in [-0.15, -0.1) is 11.6 Å². The van der Waals surface area contributed by atoms with Crippen LogP contribution in [0, 0.1) is 0 Å². The number of benzene rings is 2. The normalized spacial score (nSPS) is 10.7. The van der Waals surface area contributed by atoms with Crippen LogP contribution < -0.4 is 4.74 Å². The van der Waals surface area contributed by atoms with E-state index < -0.39 is 0 Å². The minimum Gasteiger partial charge on any atom is -0.437 e. The zero-order chi connectivity index (χ0) is 13.9. The standard InChI is InChI=1S/C15H10BrClN2O/c16-12-3-1-11-6-14(4-2-10(11)5-12)20-15-9-18-8-13(7-17)19-15/h1-6,8-9H,7H2. The van der Waals surface area contributed by atoms with Crippen molar-refractivity contribution in [2.45, 2.75) is 5.88 Å². The molecule has 100 valence electrons. The zero-order valence-corrected chi connectivity index (χ0v) is 12.7. The Kier molecular flexibility index (Phi) is 3.85. The summed E-state index contributed by atoms with van der Waals surface area (Å²) >= 11 is 9.19. The number of hydrogen-bond donors (Lipinski definition) is 0. The van der Waals surface area contributed by atoms with E-state index in [9.17, 15) is 0 Å². The van der Waals surface area contributed by atoms with Crippen molar-refractivity contribution in [3.05, 3.63) is 59.0 Å². The molecule has 1 heterocycles. The molecule has 3 nitrogen and oxygen atoms in total. The molecule has 3 rings (SSSR count). The van der Waals surface area contributed by atoms with Gasteiger partial charge in [-0.2, -0.15) is 0 Å². The summed E-state index contributed by atoms with van der Waals surface area (Å²) in [4.78, 5) is 8.30. The molecule has 2 aromatic carbocycles. The van der Waals surface area contributed by atoms with Gasteiger partial charge in [0.25, 0.3) is 0 Å². The maximum absolute atomic E-state index is 5.73. The summed E-state index contributed by atoms with van der Waals surface area (Å²) in [7, 11) is 0. The Morgan fingerprint density at radius 3 is 2.70 bits per heavy atom. The summed E-state index contributed by atoms with van der Waals surface area (Å²) in [5.74, 6) is 1.48. The van der Waals surface area contributed by atoms with Gasteiger partial charge in [0.05, 0.1) is 17.8 Å². The Balaban J connectivity index is 1.92. The number of aromatic nitrogens is 2. The minimum absolute atomic E-state index is 0.315. The molecule has 0 unspecified atom stereocenters. The molecule has 0 N–H and O–H groups in total. The van der Waals surface area contributed by atoms with E-state index in [4.69, 9.17) is 16.3 Å². The molecule has 0 amide bonds. The van der Waals surface area contributed by atoms with Gasteiger partial charge in [-0.25, -0.2) is 4.98 Å². The van der Waals surface area contributed by atoms with Gasteiger partial charge in [0.2, 0.25) is 5.88 Å². The van der Waals surface area contributed by atoms with Crippen molar-refractivity contribution >= 4 is 38.3 Å². The van der Waals surface area contributed by atoms with Crippen molar-refractivity contribution in [1.29, 1.82) is 0 Å². The first kappa shape index (κ1) is 13.3. The summed E-state index contributed by atoms with van der Waals surface area (Å²) in [6, 6.07) is 12.0. The van der Waals surface area contributed by atoms with Gasteiger partial charge in [-0.05, 0) is 35.0 Å². The highest BCUT2D eigenvalue weighted by Crippen LogP contribution is 2.26. The zero-order valence-electron chi connectivity index (χ0n) is 10.4. The van der Waals surface area contributed by atoms with Crippen LogP contribution in [0.5, 0.6) is 11.6 Å². The molecule has 5 heteroatoms. The van der Waals surface area contributed by atoms with E-state index in [0.717, 1.165) is 21.0 Å². The van der Waals surface area contributed by atoms with Gasteiger partial charge in [0, 0.05) is 10.7 Å². The highest BCUT2D eigenvalue weighted by atomic mass is 79.9. The molecule has 0 atom stereocenters. The molecule has 0 radical (unpaired) electrons. The highest BCUT2D eigenvalue weighted by molar-refractivity contribution is 9.10. The number of nitrogens with zero attached hydrogens (tertiary/aromatic N) is 2. The second-order valence-corrected chi connectivity index (χ2v) is 5.42. The van der Waals surface area contributed by atoms with Crippen molar-refractivity contribution < 1.29 is 4.74 Å². The highest BCUT2D eigenvalue weighted by Gasteiger charge is 2.03. The summed E-state index contributed by atoms with van der Waals surface area (Å²) < 4.78 is 6.77. The van der Waals surface area contributed by atoms with E-state index in [2.05, 4.69) is 32.0 Å². The van der Waals surface area contributed by atoms with Crippen LogP contribution in [0.3, 0.4) is 0 Å². The average Bonchev–Trinajstić information content (AvgIpc) is 2.47. The molecule has 0 fully saturated rings. The topological polar surface area (TPSA) is 35.0 Å². The third-order valence-corrected chi connectivity index (χ3v) is 3.56. The van der Waals surface area contributed by atoms with Gasteiger partial charge in [-0.3, -0.25) is 4.98 Å². The molecular weight excluding hydrogens is 340 g/mol. The first-order chi connectivity index (χ1) is 9.74. The van der Waals surface area contributed by atoms with Gasteiger partial charge in [-0.1, -0.05) is 28.1 Å². The third kappa shape index (κ3) is 2.92. The van der Waals surface area contributed by atoms with E-state index in [-0.39, 0.29) is 0 Å². The molecule has 0 aliphatic rings. The second kappa shape index (κ2) is 5.77. The van der Waals surface area contributed by atoms with Crippen LogP contribution in [0.2, 0.25) is 0 Å². The lowest BCUT2D eigenvalue weighted by Crippen LogP contribution is -1.93. The molecule has 0 saturated heterocycles. The first-order valence-corrected chi connectivity index (χ1v) is 7.31. The fraction of sp³-hybridized carbons (Fsp3) is 0.0667. The lowest BCUT2D eigenvalue weighted by molar-refractivity contribution is 0.459. The van der Waals surface area contributed by atoms with Crippen LogP contribution in [0.4, 0.5) is 0 Å². The number of fused-ring (bicyclic) bond motifs is 1. The smallest absolute Gasteiger partial charge is 0.238 e. The Labute approximate surface area is 129 Å². The van der Waals surface area contributed by atoms with Crippen molar-refractivity contribution in [2.75, 3.05) is 0 Å². The quantitative estimate of drug-likeness (QED) is 0.629. The van der Waals surface area contributed by atoms with Crippen molar-refractivity contribution in [3.8, 4) is 11.6 Å². The Morgan fingerprint density at radius 1 is 1.05 bits per heavy atom. The van der Waals surface area contributed by atoms with E-state index in [1.54, 1.807) is 12.4 Å². The maximum Gasteiger partial charge on any atom is 0.238 e. The molecule has 1 aromatic heterocycles. The molecule has 0 saturated carbocycles. The monoisotopic (exact) mass is 348 g/mol. The first-order valence-electron chi connectivity index (χ1n) is 5.99. The lowest BCUT2D eigenvalue weighted by atomic mass is 10.1. The minimum atomic E-state index is 0.315. The van der Waals surface area contributed by atoms with Gasteiger partial charge in [0.1, 0.15) is 5.75 Å². The summed E-state index contributed by atoms with van der Waals surface area (Å²) in [6.07, 6.45) is 3.19. The number of hydrogen-bond acceptors (Lipinski definition) is 3. The van der Waals surface area contributed by atoms with Gasteiger partial charge >= 0.3 is 0 Å². The Hall–Kier alpha value is -1.65. The molecular formula is C15H10BrClN2O. The van der Waals surface area contributed by atoms with E-state index in [1.807, 2.05) is 30.3 Å². The Morgan fingerprint density at radius 2 is 1.85 bits per heavy atom. The fourth-order valence-electron chi connectivity index (χ4n) is 1.88. The van der Waals surface area contributed by atoms with E-state index >= 15 is 0 Å². The molecule has 0 aliphatic heterocycles. The average molecular weight is 350 g/mol. The second-order valence-electron chi connectivity index (χ2n) is 4.24. The molecule has 0 bridgehead atoms. The predicted molar refractivity (Wildman–Crippen MR) is 83.3 cm³/mol. The molecule has 0 spiro atoms. The van der Waals surface area contributed by atoms with Gasteiger partial charge in [0.15, 0.2) is 0 Å². The number of ether oxygens (including phenoxy) is 1. The number of halogens is 2. The van der Waals surface area contributed by atoms with E-state index in [0.29, 0.717) is 17.5 Å². The summed E-state index contributed by atoms with van der Waals surface area (Å²) in [5, 5.41) is 2.25. The summed E-state index contributed by atoms with van der Waals surface area (Å²) in [5.41, 5.74) is 0.689. The van der Waals surface area contributed by atoms with Crippen LogP contribution in [0.15, 0.2) is 53.3 Å².